The van der Waals surface area contributed by atoms with Crippen molar-refractivity contribution in [1.29, 1.82) is 0 Å². The lowest BCUT2D eigenvalue weighted by Crippen LogP contribution is -2.25. The lowest BCUT2D eigenvalue weighted by atomic mass is 10.2. The van der Waals surface area contributed by atoms with Gasteiger partial charge in [-0.15, -0.1) is 0 Å². The fraction of sp³-hybridized carbons (Fsp3) is 0.533. The highest BCUT2D eigenvalue weighted by Gasteiger charge is 2.02. The third kappa shape index (κ3) is 7.59. The van der Waals surface area contributed by atoms with Crippen LogP contribution in [0.1, 0.15) is 25.8 Å². The molecule has 0 spiro atoms. The first-order valence-electron chi connectivity index (χ1n) is 6.75. The van der Waals surface area contributed by atoms with Crippen LogP contribution in [0.5, 0.6) is 0 Å². The fourth-order valence-electron chi connectivity index (χ4n) is 1.56. The summed E-state index contributed by atoms with van der Waals surface area (Å²) in [6.07, 6.45) is 0.913. The first-order chi connectivity index (χ1) is 9.08. The molecule has 0 atom stereocenters. The molecule has 0 aliphatic carbocycles. The second kappa shape index (κ2) is 8.67. The molecule has 0 fully saturated rings. The van der Waals surface area contributed by atoms with Crippen LogP contribution in [0.3, 0.4) is 0 Å². The van der Waals surface area contributed by atoms with Gasteiger partial charge in [0, 0.05) is 18.3 Å². The molecule has 19 heavy (non-hydrogen) atoms. The Hall–Kier alpha value is -1.39. The van der Waals surface area contributed by atoms with Gasteiger partial charge < -0.3 is 15.4 Å². The molecule has 1 aromatic rings. The minimum Gasteiger partial charge on any atom is -0.372 e. The third-order valence-corrected chi connectivity index (χ3v) is 2.59. The Morgan fingerprint density at radius 1 is 1.26 bits per heavy atom. The van der Waals surface area contributed by atoms with Crippen molar-refractivity contribution in [3.8, 4) is 0 Å². The molecule has 1 rings (SSSR count). The largest absolute Gasteiger partial charge is 0.372 e. The summed E-state index contributed by atoms with van der Waals surface area (Å²) in [5, 5.41) is 6.10. The van der Waals surface area contributed by atoms with Crippen molar-refractivity contribution in [2.45, 2.75) is 33.2 Å². The van der Waals surface area contributed by atoms with Crippen LogP contribution in [-0.4, -0.2) is 31.7 Å². The molecule has 0 saturated heterocycles. The predicted octanol–water partition coefficient (Wildman–Crippen LogP) is 2.34. The highest BCUT2D eigenvalue weighted by molar-refractivity contribution is 5.91. The number of rotatable bonds is 8. The molecule has 0 bridgehead atoms. The van der Waals surface area contributed by atoms with Crippen LogP contribution in [0, 0.1) is 6.92 Å². The van der Waals surface area contributed by atoms with Crippen molar-refractivity contribution in [3.63, 3.8) is 0 Å². The standard InChI is InChI=1S/C15H24N2O2/c1-12(2)16-9-4-10-19-11-15(18)17-14-7-5-13(3)6-8-14/h5-8,12,16H,4,9-11H2,1-3H3,(H,17,18). The van der Waals surface area contributed by atoms with E-state index in [9.17, 15) is 4.79 Å². The highest BCUT2D eigenvalue weighted by atomic mass is 16.5. The molecule has 0 heterocycles. The van der Waals surface area contributed by atoms with Crippen molar-refractivity contribution < 1.29 is 9.53 Å². The molecular formula is C15H24N2O2. The van der Waals surface area contributed by atoms with Crippen molar-refractivity contribution >= 4 is 11.6 Å². The van der Waals surface area contributed by atoms with Crippen LogP contribution in [-0.2, 0) is 9.53 Å². The Labute approximate surface area is 115 Å². The van der Waals surface area contributed by atoms with Gasteiger partial charge in [0.25, 0.3) is 0 Å². The Balaban J connectivity index is 2.09. The molecule has 1 amide bonds. The van der Waals surface area contributed by atoms with Gasteiger partial charge in [0.05, 0.1) is 0 Å². The molecule has 1 aromatic carbocycles. The van der Waals surface area contributed by atoms with E-state index in [1.54, 1.807) is 0 Å². The highest BCUT2D eigenvalue weighted by Crippen LogP contribution is 2.08. The van der Waals surface area contributed by atoms with Crippen LogP contribution in [0.4, 0.5) is 5.69 Å². The summed E-state index contributed by atoms with van der Waals surface area (Å²) in [7, 11) is 0. The van der Waals surface area contributed by atoms with E-state index >= 15 is 0 Å². The molecule has 0 saturated carbocycles. The molecule has 4 nitrogen and oxygen atoms in total. The number of carbonyl (C=O) groups is 1. The summed E-state index contributed by atoms with van der Waals surface area (Å²) in [5.74, 6) is -0.110. The topological polar surface area (TPSA) is 50.4 Å². The Morgan fingerprint density at radius 3 is 2.58 bits per heavy atom. The van der Waals surface area contributed by atoms with Gasteiger partial charge in [-0.25, -0.2) is 0 Å². The van der Waals surface area contributed by atoms with Gasteiger partial charge in [-0.2, -0.15) is 0 Å². The average molecular weight is 264 g/mol. The first-order valence-corrected chi connectivity index (χ1v) is 6.75. The van der Waals surface area contributed by atoms with Crippen LogP contribution in [0.2, 0.25) is 0 Å². The van der Waals surface area contributed by atoms with Crippen molar-refractivity contribution in [1.82, 2.24) is 5.32 Å². The summed E-state index contributed by atoms with van der Waals surface area (Å²) in [5.41, 5.74) is 1.98. The summed E-state index contributed by atoms with van der Waals surface area (Å²) in [6, 6.07) is 8.20. The SMILES string of the molecule is Cc1ccc(NC(=O)COCCCNC(C)C)cc1. The minimum atomic E-state index is -0.110. The van der Waals surface area contributed by atoms with E-state index in [1.165, 1.54) is 5.56 Å². The lowest BCUT2D eigenvalue weighted by Gasteiger charge is -2.08. The monoisotopic (exact) mass is 264 g/mol. The fourth-order valence-corrected chi connectivity index (χ4v) is 1.56. The van der Waals surface area contributed by atoms with Crippen molar-refractivity contribution in [2.24, 2.45) is 0 Å². The zero-order chi connectivity index (χ0) is 14.1. The van der Waals surface area contributed by atoms with Gasteiger partial charge in [-0.1, -0.05) is 31.5 Å². The maximum absolute atomic E-state index is 11.6. The second-order valence-electron chi connectivity index (χ2n) is 4.93. The molecular weight excluding hydrogens is 240 g/mol. The first kappa shape index (κ1) is 15.7. The molecule has 0 aliphatic rings. The number of hydrogen-bond donors (Lipinski definition) is 2. The predicted molar refractivity (Wildman–Crippen MR) is 78.4 cm³/mol. The zero-order valence-electron chi connectivity index (χ0n) is 12.0. The number of hydrogen-bond acceptors (Lipinski definition) is 3. The summed E-state index contributed by atoms with van der Waals surface area (Å²) in [6.45, 7) is 7.85. The molecule has 0 unspecified atom stereocenters. The van der Waals surface area contributed by atoms with E-state index in [0.29, 0.717) is 12.6 Å². The maximum Gasteiger partial charge on any atom is 0.250 e. The average Bonchev–Trinajstić information content (AvgIpc) is 2.36. The number of benzene rings is 1. The normalized spacial score (nSPS) is 10.7. The number of nitrogens with one attached hydrogen (secondary N) is 2. The number of ether oxygens (including phenoxy) is 1. The quantitative estimate of drug-likeness (QED) is 0.709. The molecule has 0 aliphatic heterocycles. The maximum atomic E-state index is 11.6. The van der Waals surface area contributed by atoms with Crippen LogP contribution >= 0.6 is 0 Å². The number of anilines is 1. The molecule has 4 heteroatoms. The Kier molecular flexibility index (Phi) is 7.15. The molecule has 106 valence electrons. The van der Waals surface area contributed by atoms with Gasteiger partial charge in [-0.05, 0) is 32.0 Å². The van der Waals surface area contributed by atoms with Crippen molar-refractivity contribution in [3.05, 3.63) is 29.8 Å². The van der Waals surface area contributed by atoms with E-state index < -0.39 is 0 Å². The zero-order valence-corrected chi connectivity index (χ0v) is 12.0. The molecule has 0 radical (unpaired) electrons. The van der Waals surface area contributed by atoms with Crippen molar-refractivity contribution in [2.75, 3.05) is 25.1 Å². The van der Waals surface area contributed by atoms with E-state index in [0.717, 1.165) is 18.7 Å². The van der Waals surface area contributed by atoms with Crippen LogP contribution in [0.15, 0.2) is 24.3 Å². The summed E-state index contributed by atoms with van der Waals surface area (Å²) < 4.78 is 5.32. The van der Waals surface area contributed by atoms with Gasteiger partial charge in [0.2, 0.25) is 5.91 Å². The van der Waals surface area contributed by atoms with E-state index in [2.05, 4.69) is 24.5 Å². The van der Waals surface area contributed by atoms with E-state index in [1.807, 2.05) is 31.2 Å². The Morgan fingerprint density at radius 2 is 1.95 bits per heavy atom. The third-order valence-electron chi connectivity index (χ3n) is 2.59. The van der Waals surface area contributed by atoms with Crippen LogP contribution in [0.25, 0.3) is 0 Å². The van der Waals surface area contributed by atoms with E-state index in [-0.39, 0.29) is 12.5 Å². The number of amides is 1. The Bertz CT molecular complexity index is 374. The second-order valence-corrected chi connectivity index (χ2v) is 4.93. The van der Waals surface area contributed by atoms with Crippen LogP contribution < -0.4 is 10.6 Å². The summed E-state index contributed by atoms with van der Waals surface area (Å²) >= 11 is 0. The van der Waals surface area contributed by atoms with E-state index in [4.69, 9.17) is 4.74 Å². The number of aryl methyl sites for hydroxylation is 1. The summed E-state index contributed by atoms with van der Waals surface area (Å²) in [4.78, 5) is 11.6. The van der Waals surface area contributed by atoms with Gasteiger partial charge in [0.1, 0.15) is 6.61 Å². The molecule has 0 aromatic heterocycles. The molecule has 2 N–H and O–H groups in total. The number of carbonyl (C=O) groups excluding carboxylic acids is 1. The lowest BCUT2D eigenvalue weighted by molar-refractivity contribution is -0.120. The minimum absolute atomic E-state index is 0.107. The van der Waals surface area contributed by atoms with Gasteiger partial charge in [-0.3, -0.25) is 4.79 Å². The smallest absolute Gasteiger partial charge is 0.250 e. The van der Waals surface area contributed by atoms with Gasteiger partial charge in [0.15, 0.2) is 0 Å². The van der Waals surface area contributed by atoms with Gasteiger partial charge >= 0.3 is 0 Å².